The topological polar surface area (TPSA) is 129 Å². The third-order valence-corrected chi connectivity index (χ3v) is 11.0. The number of aryl methyl sites for hydroxylation is 1. The van der Waals surface area contributed by atoms with Crippen LogP contribution in [0.4, 0.5) is 10.1 Å². The Morgan fingerprint density at radius 3 is 2.48 bits per heavy atom. The number of nitrogens with one attached hydrogen (secondary N) is 3. The molecule has 3 heterocycles. The van der Waals surface area contributed by atoms with E-state index in [9.17, 15) is 19.2 Å². The number of benzene rings is 1. The second-order valence-electron chi connectivity index (χ2n) is 12.6. The minimum atomic E-state index is -0.888. The van der Waals surface area contributed by atoms with Gasteiger partial charge >= 0.3 is 0 Å². The molecule has 46 heavy (non-hydrogen) atoms. The molecule has 13 heteroatoms. The highest BCUT2D eigenvalue weighted by molar-refractivity contribution is 8.09. The van der Waals surface area contributed by atoms with Crippen LogP contribution in [0.5, 0.6) is 0 Å². The van der Waals surface area contributed by atoms with E-state index in [2.05, 4.69) is 25.9 Å². The zero-order valence-corrected chi connectivity index (χ0v) is 27.8. The van der Waals surface area contributed by atoms with E-state index in [0.29, 0.717) is 30.9 Å². The molecule has 1 aromatic carbocycles. The van der Waals surface area contributed by atoms with E-state index < -0.39 is 22.0 Å². The number of hydrogen-bond acceptors (Lipinski definition) is 7. The maximum absolute atomic E-state index is 15.6. The number of amides is 4. The van der Waals surface area contributed by atoms with E-state index in [1.54, 1.807) is 34.8 Å². The Labute approximate surface area is 274 Å². The minimum Gasteiger partial charge on any atom is -0.344 e. The average Bonchev–Trinajstić information content (AvgIpc) is 3.59. The molecule has 0 spiro atoms. The molecule has 3 aliphatic rings. The summed E-state index contributed by atoms with van der Waals surface area (Å²) in [6.45, 7) is 6.98. The molecule has 3 fully saturated rings. The summed E-state index contributed by atoms with van der Waals surface area (Å²) < 4.78 is 16.3. The Morgan fingerprint density at radius 1 is 1.07 bits per heavy atom. The van der Waals surface area contributed by atoms with Crippen LogP contribution < -0.4 is 16.0 Å². The highest BCUT2D eigenvalue weighted by atomic mass is 32.2. The molecular weight excluding hydrogens is 609 g/mol. The van der Waals surface area contributed by atoms with E-state index >= 15 is 4.39 Å². The fraction of sp³-hybridized carbons (Fsp3) is 0.606. The SMILES string of the molecule is CCCn1nccc1C(=O)NC1S[C@]1(C(=O)Nc1ccc(C[C@@H](NC(=O)CC)C(=O)N2CCN(C)CC2)cc1F)C1CCCCC1. The van der Waals surface area contributed by atoms with Crippen molar-refractivity contribution in [3.8, 4) is 0 Å². The zero-order valence-electron chi connectivity index (χ0n) is 27.0. The van der Waals surface area contributed by atoms with Crippen molar-refractivity contribution < 1.29 is 23.6 Å². The lowest BCUT2D eigenvalue weighted by atomic mass is 9.79. The van der Waals surface area contributed by atoms with Gasteiger partial charge in [-0.05, 0) is 56.0 Å². The van der Waals surface area contributed by atoms with Crippen molar-refractivity contribution in [2.75, 3.05) is 38.5 Å². The smallest absolute Gasteiger partial charge is 0.270 e. The monoisotopic (exact) mass is 655 g/mol. The number of halogens is 1. The summed E-state index contributed by atoms with van der Waals surface area (Å²) in [4.78, 5) is 56.7. The second kappa shape index (κ2) is 15.0. The molecule has 2 aromatic rings. The quantitative estimate of drug-likeness (QED) is 0.299. The van der Waals surface area contributed by atoms with Crippen molar-refractivity contribution in [1.29, 1.82) is 0 Å². The van der Waals surface area contributed by atoms with Crippen LogP contribution in [0, 0.1) is 11.7 Å². The van der Waals surface area contributed by atoms with E-state index in [-0.39, 0.29) is 48.1 Å². The Morgan fingerprint density at radius 2 is 1.80 bits per heavy atom. The predicted molar refractivity (Wildman–Crippen MR) is 176 cm³/mol. The van der Waals surface area contributed by atoms with Crippen molar-refractivity contribution in [3.05, 3.63) is 47.5 Å². The Bertz CT molecular complexity index is 1420. The number of rotatable bonds is 12. The molecule has 0 radical (unpaired) electrons. The molecular formula is C33H46FN7O4S. The van der Waals surface area contributed by atoms with E-state index in [0.717, 1.165) is 51.6 Å². The van der Waals surface area contributed by atoms with Gasteiger partial charge in [-0.2, -0.15) is 5.10 Å². The molecule has 2 aliphatic heterocycles. The van der Waals surface area contributed by atoms with E-state index in [4.69, 9.17) is 0 Å². The van der Waals surface area contributed by atoms with Crippen molar-refractivity contribution in [2.24, 2.45) is 5.92 Å². The summed E-state index contributed by atoms with van der Waals surface area (Å²) in [5.41, 5.74) is 1.03. The van der Waals surface area contributed by atoms with Gasteiger partial charge in [0.05, 0.1) is 5.69 Å². The van der Waals surface area contributed by atoms with Crippen LogP contribution >= 0.6 is 11.8 Å². The highest BCUT2D eigenvalue weighted by Gasteiger charge is 2.66. The number of piperazine rings is 1. The number of anilines is 1. The molecule has 1 saturated carbocycles. The van der Waals surface area contributed by atoms with E-state index in [1.165, 1.54) is 23.9 Å². The molecule has 2 saturated heterocycles. The number of carbonyl (C=O) groups excluding carboxylic acids is 4. The van der Waals surface area contributed by atoms with Crippen molar-refractivity contribution >= 4 is 41.1 Å². The number of nitrogens with zero attached hydrogens (tertiary/aromatic N) is 4. The minimum absolute atomic E-state index is 0.0436. The third kappa shape index (κ3) is 7.57. The summed E-state index contributed by atoms with van der Waals surface area (Å²) in [7, 11) is 2.00. The molecule has 3 atom stereocenters. The Hall–Kier alpha value is -3.45. The summed E-state index contributed by atoms with van der Waals surface area (Å²) in [6, 6.07) is 5.38. The molecule has 3 N–H and O–H groups in total. The Kier molecular flexibility index (Phi) is 11.0. The molecule has 250 valence electrons. The third-order valence-electron chi connectivity index (χ3n) is 9.35. The lowest BCUT2D eigenvalue weighted by Gasteiger charge is -2.34. The van der Waals surface area contributed by atoms with Gasteiger partial charge in [-0.3, -0.25) is 23.9 Å². The lowest BCUT2D eigenvalue weighted by molar-refractivity contribution is -0.137. The van der Waals surface area contributed by atoms with Crippen LogP contribution in [0.15, 0.2) is 30.5 Å². The summed E-state index contributed by atoms with van der Waals surface area (Å²) in [6.07, 6.45) is 7.66. The summed E-state index contributed by atoms with van der Waals surface area (Å²) in [5, 5.41) is 12.5. The largest absolute Gasteiger partial charge is 0.344 e. The van der Waals surface area contributed by atoms with Gasteiger partial charge in [0.2, 0.25) is 17.7 Å². The van der Waals surface area contributed by atoms with Crippen LogP contribution in [-0.4, -0.2) is 92.6 Å². The fourth-order valence-corrected chi connectivity index (χ4v) is 8.02. The molecule has 1 aromatic heterocycles. The van der Waals surface area contributed by atoms with Crippen LogP contribution in [-0.2, 0) is 27.3 Å². The number of carbonyl (C=O) groups is 4. The molecule has 5 rings (SSSR count). The van der Waals surface area contributed by atoms with Crippen LogP contribution in [0.2, 0.25) is 0 Å². The van der Waals surface area contributed by atoms with Gasteiger partial charge < -0.3 is 25.8 Å². The first-order chi connectivity index (χ1) is 22.2. The molecule has 1 aliphatic carbocycles. The van der Waals surface area contributed by atoms with Crippen LogP contribution in [0.3, 0.4) is 0 Å². The number of likely N-dealkylation sites (N-methyl/N-ethyl adjacent to an activating group) is 1. The predicted octanol–water partition coefficient (Wildman–Crippen LogP) is 3.40. The van der Waals surface area contributed by atoms with Crippen LogP contribution in [0.1, 0.15) is 74.8 Å². The van der Waals surface area contributed by atoms with Gasteiger partial charge in [-0.15, -0.1) is 11.8 Å². The van der Waals surface area contributed by atoms with Gasteiger partial charge in [0.1, 0.15) is 27.7 Å². The van der Waals surface area contributed by atoms with Gasteiger partial charge in [0, 0.05) is 51.8 Å². The molecule has 1 unspecified atom stereocenters. The highest BCUT2D eigenvalue weighted by Crippen LogP contribution is 2.60. The van der Waals surface area contributed by atoms with Gasteiger partial charge in [-0.25, -0.2) is 4.39 Å². The van der Waals surface area contributed by atoms with Gasteiger partial charge in [0.25, 0.3) is 5.91 Å². The van der Waals surface area contributed by atoms with Crippen molar-refractivity contribution in [3.63, 3.8) is 0 Å². The first-order valence-corrected chi connectivity index (χ1v) is 17.4. The first-order valence-electron chi connectivity index (χ1n) is 16.5. The maximum Gasteiger partial charge on any atom is 0.270 e. The molecule has 11 nitrogen and oxygen atoms in total. The molecule has 4 amide bonds. The standard InChI is InChI=1S/C33H46FN7O4S/c1-4-15-41-27(13-14-35-41)29(43)38-32-33(46-32,23-9-7-6-8-10-23)31(45)37-25-12-11-22(20-24(25)34)21-26(36-28(42)5-2)30(44)40-18-16-39(3)17-19-40/h11-14,20,23,26,32H,4-10,15-19,21H2,1-3H3,(H,36,42)(H,37,45)(H,38,43)/t26-,32?,33+/m1/s1. The first kappa shape index (κ1) is 33.9. The fourth-order valence-electron chi connectivity index (χ4n) is 6.59. The summed E-state index contributed by atoms with van der Waals surface area (Å²) >= 11 is 1.42. The lowest BCUT2D eigenvalue weighted by Crippen LogP contribution is -2.54. The Balaban J connectivity index is 1.29. The van der Waals surface area contributed by atoms with E-state index in [1.807, 2.05) is 14.0 Å². The van der Waals surface area contributed by atoms with Crippen molar-refractivity contribution in [1.82, 2.24) is 30.2 Å². The number of aromatic nitrogens is 2. The van der Waals surface area contributed by atoms with Crippen molar-refractivity contribution in [2.45, 2.75) is 87.9 Å². The second-order valence-corrected chi connectivity index (χ2v) is 14.0. The van der Waals surface area contributed by atoms with Crippen LogP contribution in [0.25, 0.3) is 0 Å². The van der Waals surface area contributed by atoms with Gasteiger partial charge in [0.15, 0.2) is 0 Å². The normalized spacial score (nSPS) is 22.6. The number of thioether (sulfide) groups is 1. The molecule has 0 bridgehead atoms. The number of hydrogen-bond donors (Lipinski definition) is 3. The average molecular weight is 656 g/mol. The zero-order chi connectivity index (χ0) is 32.8. The van der Waals surface area contributed by atoms with Gasteiger partial charge in [-0.1, -0.05) is 39.2 Å². The summed E-state index contributed by atoms with van der Waals surface area (Å²) in [5.74, 6) is -1.58. The maximum atomic E-state index is 15.6.